The molecule has 3 aliphatic rings. The largest absolute Gasteiger partial charge is 0.340 e. The molecule has 0 radical (unpaired) electrons. The second kappa shape index (κ2) is 3.66. The van der Waals surface area contributed by atoms with Crippen LogP contribution in [0.3, 0.4) is 0 Å². The number of fused-ring (bicyclic) bond motifs is 2. The first kappa shape index (κ1) is 9.00. The number of carbonyl (C=O) groups is 1. The Kier molecular flexibility index (Phi) is 2.54. The summed E-state index contributed by atoms with van der Waals surface area (Å²) in [7, 11) is 0. The lowest BCUT2D eigenvalue weighted by molar-refractivity contribution is -0.135. The third-order valence-corrected chi connectivity index (χ3v) is 3.02. The van der Waals surface area contributed by atoms with Gasteiger partial charge in [0.1, 0.15) is 0 Å². The fourth-order valence-corrected chi connectivity index (χ4v) is 2.20. The summed E-state index contributed by atoms with van der Waals surface area (Å²) in [6.45, 7) is 4.01. The summed E-state index contributed by atoms with van der Waals surface area (Å²) in [5.74, 6) is 0.359. The second-order valence-corrected chi connectivity index (χ2v) is 4.20. The maximum atomic E-state index is 11.6. The van der Waals surface area contributed by atoms with Crippen molar-refractivity contribution in [3.05, 3.63) is 0 Å². The van der Waals surface area contributed by atoms with Gasteiger partial charge in [0.2, 0.25) is 5.91 Å². The van der Waals surface area contributed by atoms with Crippen molar-refractivity contribution in [1.29, 1.82) is 0 Å². The Hall–Kier alpha value is -0.570. The van der Waals surface area contributed by atoms with Crippen LogP contribution in [0.5, 0.6) is 0 Å². The topological polar surface area (TPSA) is 32.3 Å². The van der Waals surface area contributed by atoms with E-state index >= 15 is 0 Å². The van der Waals surface area contributed by atoms with Gasteiger partial charge in [-0.05, 0) is 12.8 Å². The fourth-order valence-electron chi connectivity index (χ4n) is 2.20. The molecule has 3 saturated heterocycles. The van der Waals surface area contributed by atoms with Crippen LogP contribution < -0.4 is 5.32 Å². The molecule has 3 heteroatoms. The summed E-state index contributed by atoms with van der Waals surface area (Å²) in [4.78, 5) is 13.7. The summed E-state index contributed by atoms with van der Waals surface area (Å²) in [5, 5.41) is 3.43. The molecule has 3 aliphatic heterocycles. The Bertz CT molecular complexity index is 189. The Balaban J connectivity index is 1.77. The molecule has 3 fully saturated rings. The van der Waals surface area contributed by atoms with Crippen molar-refractivity contribution >= 4 is 5.91 Å². The lowest BCUT2D eigenvalue weighted by Gasteiger charge is -2.48. The van der Waals surface area contributed by atoms with E-state index in [2.05, 4.69) is 12.2 Å². The Morgan fingerprint density at radius 2 is 2.08 bits per heavy atom. The molecule has 2 unspecified atom stereocenters. The van der Waals surface area contributed by atoms with E-state index < -0.39 is 0 Å². The van der Waals surface area contributed by atoms with Gasteiger partial charge in [-0.3, -0.25) is 4.79 Å². The van der Waals surface area contributed by atoms with Crippen LogP contribution in [0.1, 0.15) is 32.6 Å². The highest BCUT2D eigenvalue weighted by Gasteiger charge is 2.37. The number of unbranched alkanes of at least 4 members (excludes halogenated alkanes) is 1. The molecule has 3 heterocycles. The molecule has 2 bridgehead atoms. The smallest absolute Gasteiger partial charge is 0.222 e. The molecule has 0 aliphatic carbocycles. The van der Waals surface area contributed by atoms with E-state index in [0.717, 1.165) is 32.4 Å². The Morgan fingerprint density at radius 3 is 2.62 bits per heavy atom. The van der Waals surface area contributed by atoms with E-state index in [1.54, 1.807) is 0 Å². The predicted octanol–water partition coefficient (Wildman–Crippen LogP) is 0.749. The van der Waals surface area contributed by atoms with Gasteiger partial charge in [-0.1, -0.05) is 13.3 Å². The summed E-state index contributed by atoms with van der Waals surface area (Å²) in [6.07, 6.45) is 4.18. The molecule has 2 atom stereocenters. The number of hydrogen-bond acceptors (Lipinski definition) is 2. The number of piperazine rings is 1. The lowest BCUT2D eigenvalue weighted by Crippen LogP contribution is -2.67. The third-order valence-electron chi connectivity index (χ3n) is 3.02. The maximum Gasteiger partial charge on any atom is 0.222 e. The molecule has 0 aromatic rings. The summed E-state index contributed by atoms with van der Waals surface area (Å²) in [6, 6.07) is 1.20. The number of nitrogens with zero attached hydrogens (tertiary/aromatic N) is 1. The minimum Gasteiger partial charge on any atom is -0.340 e. The van der Waals surface area contributed by atoms with E-state index in [1.807, 2.05) is 4.90 Å². The van der Waals surface area contributed by atoms with Gasteiger partial charge in [-0.25, -0.2) is 0 Å². The number of rotatable bonds is 3. The number of amides is 1. The third kappa shape index (κ3) is 1.85. The Labute approximate surface area is 79.5 Å². The lowest BCUT2D eigenvalue weighted by atomic mass is 9.91. The van der Waals surface area contributed by atoms with Crippen molar-refractivity contribution in [3.8, 4) is 0 Å². The van der Waals surface area contributed by atoms with Crippen LogP contribution in [0.4, 0.5) is 0 Å². The SMILES string of the molecule is CCCCC(=O)N1CC2CC(C1)N2. The van der Waals surface area contributed by atoms with Crippen LogP contribution in [-0.2, 0) is 4.79 Å². The van der Waals surface area contributed by atoms with Gasteiger partial charge in [0.15, 0.2) is 0 Å². The predicted molar refractivity (Wildman–Crippen MR) is 51.4 cm³/mol. The molecule has 3 nitrogen and oxygen atoms in total. The molecule has 1 amide bonds. The van der Waals surface area contributed by atoms with Crippen LogP contribution in [-0.4, -0.2) is 36.0 Å². The van der Waals surface area contributed by atoms with Gasteiger partial charge >= 0.3 is 0 Å². The first-order chi connectivity index (χ1) is 6.29. The van der Waals surface area contributed by atoms with Crippen molar-refractivity contribution in [2.75, 3.05) is 13.1 Å². The summed E-state index contributed by atoms with van der Waals surface area (Å²) in [5.41, 5.74) is 0. The van der Waals surface area contributed by atoms with Crippen molar-refractivity contribution in [2.45, 2.75) is 44.7 Å². The van der Waals surface area contributed by atoms with Crippen LogP contribution in [0, 0.1) is 0 Å². The number of hydrogen-bond donors (Lipinski definition) is 1. The highest BCUT2D eigenvalue weighted by atomic mass is 16.2. The summed E-state index contributed by atoms with van der Waals surface area (Å²) < 4.78 is 0. The van der Waals surface area contributed by atoms with Crippen molar-refractivity contribution < 1.29 is 4.79 Å². The van der Waals surface area contributed by atoms with E-state index in [4.69, 9.17) is 0 Å². The van der Waals surface area contributed by atoms with Crippen molar-refractivity contribution in [2.24, 2.45) is 0 Å². The molecular formula is C10H18N2O. The fraction of sp³-hybridized carbons (Fsp3) is 0.900. The maximum absolute atomic E-state index is 11.6. The van der Waals surface area contributed by atoms with Gasteiger partial charge in [-0.2, -0.15) is 0 Å². The average Bonchev–Trinajstić information content (AvgIpc) is 2.13. The van der Waals surface area contributed by atoms with Crippen LogP contribution in [0.2, 0.25) is 0 Å². The van der Waals surface area contributed by atoms with Gasteiger partial charge in [0, 0.05) is 31.6 Å². The molecule has 13 heavy (non-hydrogen) atoms. The van der Waals surface area contributed by atoms with Crippen LogP contribution in [0.25, 0.3) is 0 Å². The van der Waals surface area contributed by atoms with E-state index in [1.165, 1.54) is 6.42 Å². The first-order valence-corrected chi connectivity index (χ1v) is 5.33. The van der Waals surface area contributed by atoms with Gasteiger partial charge in [0.25, 0.3) is 0 Å². The molecule has 1 N–H and O–H groups in total. The zero-order valence-electron chi connectivity index (χ0n) is 8.25. The number of piperidine rings is 1. The molecule has 0 aromatic carbocycles. The zero-order valence-corrected chi connectivity index (χ0v) is 8.25. The van der Waals surface area contributed by atoms with E-state index in [9.17, 15) is 4.79 Å². The highest BCUT2D eigenvalue weighted by molar-refractivity contribution is 5.76. The van der Waals surface area contributed by atoms with Crippen molar-refractivity contribution in [1.82, 2.24) is 10.2 Å². The molecule has 3 rings (SSSR count). The van der Waals surface area contributed by atoms with Crippen LogP contribution >= 0.6 is 0 Å². The molecular weight excluding hydrogens is 164 g/mol. The van der Waals surface area contributed by atoms with Gasteiger partial charge in [-0.15, -0.1) is 0 Å². The molecule has 0 spiro atoms. The zero-order chi connectivity index (χ0) is 9.26. The van der Waals surface area contributed by atoms with Gasteiger partial charge in [0.05, 0.1) is 0 Å². The van der Waals surface area contributed by atoms with E-state index in [-0.39, 0.29) is 0 Å². The average molecular weight is 182 g/mol. The standard InChI is InChI=1S/C10H18N2O/c1-2-3-4-10(13)12-6-8-5-9(7-12)11-8/h8-9,11H,2-7H2,1H3. The normalized spacial score (nSPS) is 31.3. The van der Waals surface area contributed by atoms with Crippen molar-refractivity contribution in [3.63, 3.8) is 0 Å². The number of carbonyl (C=O) groups excluding carboxylic acids is 1. The molecule has 0 aromatic heterocycles. The quantitative estimate of drug-likeness (QED) is 0.698. The summed E-state index contributed by atoms with van der Waals surface area (Å²) >= 11 is 0. The van der Waals surface area contributed by atoms with E-state index in [0.29, 0.717) is 18.0 Å². The highest BCUT2D eigenvalue weighted by Crippen LogP contribution is 2.21. The minimum absolute atomic E-state index is 0.359. The van der Waals surface area contributed by atoms with Gasteiger partial charge < -0.3 is 10.2 Å². The first-order valence-electron chi connectivity index (χ1n) is 5.33. The number of nitrogens with one attached hydrogen (secondary N) is 1. The molecule has 74 valence electrons. The monoisotopic (exact) mass is 182 g/mol. The molecule has 0 saturated carbocycles. The minimum atomic E-state index is 0.359. The Morgan fingerprint density at radius 1 is 1.46 bits per heavy atom. The second-order valence-electron chi connectivity index (χ2n) is 4.20. The van der Waals surface area contributed by atoms with Crippen LogP contribution in [0.15, 0.2) is 0 Å².